The van der Waals surface area contributed by atoms with Crippen molar-refractivity contribution in [1.29, 1.82) is 0 Å². The summed E-state index contributed by atoms with van der Waals surface area (Å²) in [6, 6.07) is 6.36. The molecule has 1 amide bonds. The molecule has 0 unspecified atom stereocenters. The summed E-state index contributed by atoms with van der Waals surface area (Å²) in [5.41, 5.74) is 8.83. The summed E-state index contributed by atoms with van der Waals surface area (Å²) in [7, 11) is 0. The Labute approximate surface area is 133 Å². The van der Waals surface area contributed by atoms with Gasteiger partial charge < -0.3 is 11.1 Å². The first-order chi connectivity index (χ1) is 10.6. The number of rotatable bonds is 5. The van der Waals surface area contributed by atoms with E-state index in [1.165, 1.54) is 11.8 Å². The second-order valence-corrected chi connectivity index (χ2v) is 6.49. The Morgan fingerprint density at radius 2 is 2.05 bits per heavy atom. The number of anilines is 2. The number of aryl methyl sites for hydroxylation is 2. The van der Waals surface area contributed by atoms with E-state index in [4.69, 9.17) is 5.73 Å². The maximum Gasteiger partial charge on any atom is 0.234 e. The molecule has 0 aliphatic heterocycles. The molecule has 1 aromatic heterocycles. The van der Waals surface area contributed by atoms with Crippen LogP contribution < -0.4 is 11.1 Å². The second-order valence-electron chi connectivity index (χ2n) is 5.55. The zero-order chi connectivity index (χ0) is 15.7. The van der Waals surface area contributed by atoms with Gasteiger partial charge in [-0.15, -0.1) is 10.2 Å². The van der Waals surface area contributed by atoms with Gasteiger partial charge in [-0.1, -0.05) is 30.0 Å². The SMILES string of the molecule is Cc1cccc(C)c1NC(=O)CSc1nnc(N)n1C1CC1. The lowest BCUT2D eigenvalue weighted by atomic mass is 10.1. The molecule has 22 heavy (non-hydrogen) atoms. The number of amides is 1. The summed E-state index contributed by atoms with van der Waals surface area (Å²) >= 11 is 1.37. The lowest BCUT2D eigenvalue weighted by molar-refractivity contribution is -0.113. The molecule has 0 bridgehead atoms. The fraction of sp³-hybridized carbons (Fsp3) is 0.400. The van der Waals surface area contributed by atoms with Gasteiger partial charge in [0.1, 0.15) is 0 Å². The van der Waals surface area contributed by atoms with E-state index >= 15 is 0 Å². The molecule has 6 nitrogen and oxygen atoms in total. The topological polar surface area (TPSA) is 85.8 Å². The fourth-order valence-electron chi connectivity index (χ4n) is 2.38. The minimum atomic E-state index is -0.0497. The standard InChI is InChI=1S/C15H19N5OS/c1-9-4-3-5-10(2)13(9)17-12(21)8-22-15-19-18-14(16)20(15)11-6-7-11/h3-5,11H,6-8H2,1-2H3,(H2,16,18)(H,17,21). The zero-order valence-electron chi connectivity index (χ0n) is 12.7. The maximum absolute atomic E-state index is 12.2. The van der Waals surface area contributed by atoms with Crippen LogP contribution in [0.2, 0.25) is 0 Å². The van der Waals surface area contributed by atoms with Crippen molar-refractivity contribution in [2.75, 3.05) is 16.8 Å². The average Bonchev–Trinajstić information content (AvgIpc) is 3.24. The van der Waals surface area contributed by atoms with Gasteiger partial charge in [-0.05, 0) is 37.8 Å². The fourth-order valence-corrected chi connectivity index (χ4v) is 3.19. The highest BCUT2D eigenvalue weighted by atomic mass is 32.2. The number of hydrogen-bond donors (Lipinski definition) is 2. The summed E-state index contributed by atoms with van der Waals surface area (Å²) in [5, 5.41) is 11.7. The van der Waals surface area contributed by atoms with Crippen LogP contribution in [0.1, 0.15) is 30.0 Å². The third kappa shape index (κ3) is 3.09. The highest BCUT2D eigenvalue weighted by Crippen LogP contribution is 2.39. The van der Waals surface area contributed by atoms with Gasteiger partial charge in [0.05, 0.1) is 5.75 Å². The van der Waals surface area contributed by atoms with Crippen LogP contribution >= 0.6 is 11.8 Å². The molecule has 0 atom stereocenters. The third-order valence-corrected chi connectivity index (χ3v) is 4.62. The summed E-state index contributed by atoms with van der Waals surface area (Å²) in [6.45, 7) is 3.97. The van der Waals surface area contributed by atoms with E-state index < -0.39 is 0 Å². The van der Waals surface area contributed by atoms with Gasteiger partial charge in [-0.2, -0.15) is 0 Å². The van der Waals surface area contributed by atoms with E-state index in [0.717, 1.165) is 34.8 Å². The number of carbonyl (C=O) groups is 1. The Balaban J connectivity index is 1.63. The van der Waals surface area contributed by atoms with Gasteiger partial charge in [0.2, 0.25) is 11.9 Å². The van der Waals surface area contributed by atoms with Gasteiger partial charge >= 0.3 is 0 Å². The van der Waals surface area contributed by atoms with Gasteiger partial charge in [0.15, 0.2) is 5.16 Å². The zero-order valence-corrected chi connectivity index (χ0v) is 13.5. The highest BCUT2D eigenvalue weighted by molar-refractivity contribution is 7.99. The second kappa shape index (κ2) is 6.00. The number of carbonyl (C=O) groups excluding carboxylic acids is 1. The number of benzene rings is 1. The van der Waals surface area contributed by atoms with Crippen LogP contribution in [0, 0.1) is 13.8 Å². The number of hydrogen-bond acceptors (Lipinski definition) is 5. The van der Waals surface area contributed by atoms with Crippen molar-refractivity contribution in [2.24, 2.45) is 0 Å². The number of nitrogens with two attached hydrogens (primary N) is 1. The predicted molar refractivity (Wildman–Crippen MR) is 88.0 cm³/mol. The van der Waals surface area contributed by atoms with Crippen LogP contribution in [0.25, 0.3) is 0 Å². The Bertz CT molecular complexity index is 688. The van der Waals surface area contributed by atoms with Crippen LogP contribution in [0.15, 0.2) is 23.4 Å². The van der Waals surface area contributed by atoms with Gasteiger partial charge in [-0.3, -0.25) is 9.36 Å². The molecule has 0 saturated heterocycles. The molecule has 3 rings (SSSR count). The number of nitrogens with one attached hydrogen (secondary N) is 1. The molecular weight excluding hydrogens is 298 g/mol. The van der Waals surface area contributed by atoms with Crippen molar-refractivity contribution in [3.8, 4) is 0 Å². The molecule has 3 N–H and O–H groups in total. The molecule has 1 fully saturated rings. The molecule has 2 aromatic rings. The quantitative estimate of drug-likeness (QED) is 0.828. The van der Waals surface area contributed by atoms with Crippen LogP contribution in [-0.4, -0.2) is 26.4 Å². The van der Waals surface area contributed by atoms with Crippen molar-refractivity contribution in [3.05, 3.63) is 29.3 Å². The number of aromatic nitrogens is 3. The van der Waals surface area contributed by atoms with Crippen LogP contribution in [0.5, 0.6) is 0 Å². The Morgan fingerprint density at radius 3 is 2.68 bits per heavy atom. The monoisotopic (exact) mass is 317 g/mol. The molecule has 1 saturated carbocycles. The van der Waals surface area contributed by atoms with Crippen molar-refractivity contribution < 1.29 is 4.79 Å². The first kappa shape index (κ1) is 14.9. The van der Waals surface area contributed by atoms with Gasteiger partial charge in [0, 0.05) is 11.7 Å². The Hall–Kier alpha value is -2.02. The molecular formula is C15H19N5OS. The van der Waals surface area contributed by atoms with Crippen molar-refractivity contribution >= 4 is 29.3 Å². The molecule has 1 heterocycles. The minimum absolute atomic E-state index is 0.0497. The van der Waals surface area contributed by atoms with E-state index in [-0.39, 0.29) is 5.91 Å². The normalized spacial score (nSPS) is 14.1. The predicted octanol–water partition coefficient (Wildman–Crippen LogP) is 2.54. The van der Waals surface area contributed by atoms with Gasteiger partial charge in [-0.25, -0.2) is 0 Å². The largest absolute Gasteiger partial charge is 0.368 e. The molecule has 0 radical (unpaired) electrons. The van der Waals surface area contributed by atoms with Crippen LogP contribution in [0.4, 0.5) is 11.6 Å². The van der Waals surface area contributed by atoms with E-state index in [1.54, 1.807) is 0 Å². The number of nitrogen functional groups attached to an aromatic ring is 1. The van der Waals surface area contributed by atoms with Gasteiger partial charge in [0.25, 0.3) is 0 Å². The van der Waals surface area contributed by atoms with E-state index in [0.29, 0.717) is 17.7 Å². The molecule has 1 aromatic carbocycles. The van der Waals surface area contributed by atoms with Crippen molar-refractivity contribution in [2.45, 2.75) is 37.9 Å². The number of para-hydroxylation sites is 1. The van der Waals surface area contributed by atoms with E-state index in [9.17, 15) is 4.79 Å². The highest BCUT2D eigenvalue weighted by Gasteiger charge is 2.29. The first-order valence-corrected chi connectivity index (χ1v) is 8.24. The summed E-state index contributed by atoms with van der Waals surface area (Å²) in [5.74, 6) is 0.671. The van der Waals surface area contributed by atoms with Crippen LogP contribution in [0.3, 0.4) is 0 Å². The smallest absolute Gasteiger partial charge is 0.234 e. The first-order valence-electron chi connectivity index (χ1n) is 7.25. The van der Waals surface area contributed by atoms with E-state index in [1.807, 2.05) is 36.6 Å². The van der Waals surface area contributed by atoms with E-state index in [2.05, 4.69) is 15.5 Å². The summed E-state index contributed by atoms with van der Waals surface area (Å²) in [6.07, 6.45) is 2.20. The minimum Gasteiger partial charge on any atom is -0.368 e. The van der Waals surface area contributed by atoms with Crippen molar-refractivity contribution in [1.82, 2.24) is 14.8 Å². The molecule has 0 spiro atoms. The number of nitrogens with zero attached hydrogens (tertiary/aromatic N) is 3. The molecule has 116 valence electrons. The summed E-state index contributed by atoms with van der Waals surface area (Å²) in [4.78, 5) is 12.2. The lowest BCUT2D eigenvalue weighted by Crippen LogP contribution is -2.16. The van der Waals surface area contributed by atoms with Crippen LogP contribution in [-0.2, 0) is 4.79 Å². The number of thioether (sulfide) groups is 1. The van der Waals surface area contributed by atoms with Crippen molar-refractivity contribution in [3.63, 3.8) is 0 Å². The molecule has 1 aliphatic carbocycles. The Kier molecular flexibility index (Phi) is 4.06. The third-order valence-electron chi connectivity index (χ3n) is 3.68. The average molecular weight is 317 g/mol. The Morgan fingerprint density at radius 1 is 1.36 bits per heavy atom. The summed E-state index contributed by atoms with van der Waals surface area (Å²) < 4.78 is 1.93. The molecule has 1 aliphatic rings. The maximum atomic E-state index is 12.2. The molecule has 7 heteroatoms. The lowest BCUT2D eigenvalue weighted by Gasteiger charge is -2.11.